The molecule has 0 radical (unpaired) electrons. The molecule has 1 heterocycles. The zero-order valence-electron chi connectivity index (χ0n) is 12.1. The first kappa shape index (κ1) is 17.1. The number of hydrogen-bond donors (Lipinski definition) is 1. The second-order valence-corrected chi connectivity index (χ2v) is 6.70. The second-order valence-electron chi connectivity index (χ2n) is 4.93. The van der Waals surface area contributed by atoms with Gasteiger partial charge in [0.15, 0.2) is 0 Å². The maximum atomic E-state index is 12.9. The Morgan fingerprint density at radius 2 is 1.77 bits per heavy atom. The Bertz CT molecular complexity index is 595. The molecule has 1 fully saturated rings. The first-order valence-electron chi connectivity index (χ1n) is 6.87. The summed E-state index contributed by atoms with van der Waals surface area (Å²) in [7, 11) is 1.31. The highest BCUT2D eigenvalue weighted by atomic mass is 79.9. The molecule has 0 unspecified atom stereocenters. The number of benzene rings is 1. The molecule has 2 amide bonds. The number of nitrogen functional groups attached to an aromatic ring is 1. The minimum Gasteiger partial charge on any atom is -0.452 e. The Balaban J connectivity index is 2.38. The highest BCUT2D eigenvalue weighted by Gasteiger charge is 2.30. The molecule has 22 heavy (non-hydrogen) atoms. The van der Waals surface area contributed by atoms with E-state index in [1.165, 1.54) is 17.1 Å². The molecule has 0 aromatic heterocycles. The molecule has 1 aliphatic heterocycles. The largest absolute Gasteiger partial charge is 0.452 e. The molecular formula is C14H17Br2N3O3. The lowest BCUT2D eigenvalue weighted by Gasteiger charge is -2.32. The Morgan fingerprint density at radius 1 is 1.14 bits per heavy atom. The minimum absolute atomic E-state index is 0.313. The molecule has 0 aliphatic carbocycles. The summed E-state index contributed by atoms with van der Waals surface area (Å²) < 4.78 is 6.14. The lowest BCUT2D eigenvalue weighted by Crippen LogP contribution is -2.49. The van der Waals surface area contributed by atoms with Gasteiger partial charge in [-0.05, 0) is 47.3 Å². The molecule has 8 heteroatoms. The van der Waals surface area contributed by atoms with Crippen molar-refractivity contribution in [3.05, 3.63) is 26.6 Å². The predicted octanol–water partition coefficient (Wildman–Crippen LogP) is 3.40. The van der Waals surface area contributed by atoms with Crippen molar-refractivity contribution < 1.29 is 14.3 Å². The van der Waals surface area contributed by atoms with Crippen LogP contribution in [0.25, 0.3) is 0 Å². The van der Waals surface area contributed by atoms with Gasteiger partial charge in [0, 0.05) is 22.0 Å². The van der Waals surface area contributed by atoms with Crippen molar-refractivity contribution in [1.82, 2.24) is 10.0 Å². The van der Waals surface area contributed by atoms with Crippen molar-refractivity contribution in [2.75, 3.05) is 25.9 Å². The number of hydrogen-bond acceptors (Lipinski definition) is 4. The molecule has 0 atom stereocenters. The highest BCUT2D eigenvalue weighted by Crippen LogP contribution is 2.30. The Labute approximate surface area is 145 Å². The number of carbonyl (C=O) groups is 2. The fraction of sp³-hybridized carbons (Fsp3) is 0.429. The van der Waals surface area contributed by atoms with Crippen LogP contribution in [0.2, 0.25) is 0 Å². The van der Waals surface area contributed by atoms with Crippen LogP contribution >= 0.6 is 31.9 Å². The van der Waals surface area contributed by atoms with E-state index in [1.54, 1.807) is 12.1 Å². The Morgan fingerprint density at radius 3 is 2.41 bits per heavy atom. The molecule has 1 aromatic rings. The van der Waals surface area contributed by atoms with Gasteiger partial charge in [-0.25, -0.2) is 14.8 Å². The van der Waals surface area contributed by atoms with Gasteiger partial charge in [0.2, 0.25) is 0 Å². The lowest BCUT2D eigenvalue weighted by atomic mass is 10.1. The lowest BCUT2D eigenvalue weighted by molar-refractivity contribution is -0.00165. The number of rotatable bonds is 1. The maximum absolute atomic E-state index is 12.9. The van der Waals surface area contributed by atoms with E-state index in [1.807, 2.05) is 0 Å². The molecule has 0 saturated carbocycles. The van der Waals surface area contributed by atoms with E-state index in [2.05, 4.69) is 31.9 Å². The maximum Gasteiger partial charge on any atom is 0.428 e. The average molecular weight is 435 g/mol. The van der Waals surface area contributed by atoms with Crippen LogP contribution in [0, 0.1) is 0 Å². The summed E-state index contributed by atoms with van der Waals surface area (Å²) >= 11 is 6.68. The molecule has 120 valence electrons. The van der Waals surface area contributed by atoms with E-state index in [-0.39, 0.29) is 5.91 Å². The third-order valence-corrected chi connectivity index (χ3v) is 4.59. The number of ether oxygens (including phenoxy) is 1. The zero-order valence-corrected chi connectivity index (χ0v) is 15.3. The van der Waals surface area contributed by atoms with Crippen molar-refractivity contribution in [1.29, 1.82) is 0 Å². The SMILES string of the molecule is COC(=O)N1CCCCCN1C(=O)c1cc(Br)cc(Br)c1N. The number of carbonyl (C=O) groups excluding carboxylic acids is 2. The second kappa shape index (κ2) is 7.32. The molecule has 1 saturated heterocycles. The normalized spacial score (nSPS) is 15.4. The van der Waals surface area contributed by atoms with Crippen LogP contribution in [-0.4, -0.2) is 42.2 Å². The third kappa shape index (κ3) is 3.55. The van der Waals surface area contributed by atoms with Crippen LogP contribution < -0.4 is 5.73 Å². The molecule has 2 rings (SSSR count). The topological polar surface area (TPSA) is 75.9 Å². The van der Waals surface area contributed by atoms with Gasteiger partial charge in [-0.1, -0.05) is 15.9 Å². The van der Waals surface area contributed by atoms with Crippen LogP contribution in [0.4, 0.5) is 10.5 Å². The number of amides is 2. The van der Waals surface area contributed by atoms with E-state index in [9.17, 15) is 9.59 Å². The van der Waals surface area contributed by atoms with Crippen molar-refractivity contribution in [2.24, 2.45) is 0 Å². The van der Waals surface area contributed by atoms with Gasteiger partial charge in [-0.15, -0.1) is 0 Å². The number of nitrogens with zero attached hydrogens (tertiary/aromatic N) is 2. The van der Waals surface area contributed by atoms with Gasteiger partial charge in [0.1, 0.15) is 0 Å². The molecule has 0 bridgehead atoms. The van der Waals surface area contributed by atoms with E-state index < -0.39 is 6.09 Å². The van der Waals surface area contributed by atoms with Crippen molar-refractivity contribution >= 4 is 49.5 Å². The summed E-state index contributed by atoms with van der Waals surface area (Å²) in [6, 6.07) is 3.43. The van der Waals surface area contributed by atoms with Gasteiger partial charge in [0.05, 0.1) is 18.4 Å². The van der Waals surface area contributed by atoms with Gasteiger partial charge < -0.3 is 10.5 Å². The standard InChI is InChI=1S/C14H17Br2N3O3/c1-22-14(21)19-6-4-2-3-5-18(19)13(20)10-7-9(15)8-11(16)12(10)17/h7-8H,2-6,17H2,1H3. The van der Waals surface area contributed by atoms with Gasteiger partial charge in [0.25, 0.3) is 5.91 Å². The first-order valence-corrected chi connectivity index (χ1v) is 8.46. The van der Waals surface area contributed by atoms with E-state index in [4.69, 9.17) is 10.5 Å². The van der Waals surface area contributed by atoms with Gasteiger partial charge >= 0.3 is 6.09 Å². The van der Waals surface area contributed by atoms with Crippen molar-refractivity contribution in [3.63, 3.8) is 0 Å². The summed E-state index contributed by atoms with van der Waals surface area (Å²) in [4.78, 5) is 24.8. The molecule has 2 N–H and O–H groups in total. The summed E-state index contributed by atoms with van der Waals surface area (Å²) in [6.45, 7) is 0.908. The molecule has 1 aromatic carbocycles. The van der Waals surface area contributed by atoms with Crippen LogP contribution in [0.15, 0.2) is 21.1 Å². The number of halogens is 2. The third-order valence-electron chi connectivity index (χ3n) is 3.48. The van der Waals surface area contributed by atoms with Gasteiger partial charge in [-0.2, -0.15) is 0 Å². The van der Waals surface area contributed by atoms with Crippen LogP contribution in [0.1, 0.15) is 29.6 Å². The van der Waals surface area contributed by atoms with E-state index in [0.717, 1.165) is 23.7 Å². The van der Waals surface area contributed by atoms with Crippen molar-refractivity contribution in [3.8, 4) is 0 Å². The van der Waals surface area contributed by atoms with Crippen molar-refractivity contribution in [2.45, 2.75) is 19.3 Å². The van der Waals surface area contributed by atoms with Crippen LogP contribution in [-0.2, 0) is 4.74 Å². The molecule has 1 aliphatic rings. The fourth-order valence-electron chi connectivity index (χ4n) is 2.35. The molecular weight excluding hydrogens is 418 g/mol. The number of hydrazine groups is 1. The average Bonchev–Trinajstić information content (AvgIpc) is 2.75. The minimum atomic E-state index is -0.539. The predicted molar refractivity (Wildman–Crippen MR) is 90.3 cm³/mol. The smallest absolute Gasteiger partial charge is 0.428 e. The summed E-state index contributed by atoms with van der Waals surface area (Å²) in [5.74, 6) is -0.313. The Hall–Kier alpha value is -1.28. The van der Waals surface area contributed by atoms with Gasteiger partial charge in [-0.3, -0.25) is 4.79 Å². The quantitative estimate of drug-likeness (QED) is 0.687. The zero-order chi connectivity index (χ0) is 16.3. The van der Waals surface area contributed by atoms with Crippen LogP contribution in [0.5, 0.6) is 0 Å². The fourth-order valence-corrected chi connectivity index (χ4v) is 3.57. The first-order chi connectivity index (χ1) is 10.5. The van der Waals surface area contributed by atoms with E-state index >= 15 is 0 Å². The summed E-state index contributed by atoms with van der Waals surface area (Å²) in [6.07, 6.45) is 2.07. The highest BCUT2D eigenvalue weighted by molar-refractivity contribution is 9.11. The van der Waals surface area contributed by atoms with E-state index in [0.29, 0.717) is 28.8 Å². The van der Waals surface area contributed by atoms with Crippen LogP contribution in [0.3, 0.4) is 0 Å². The summed E-state index contributed by atoms with van der Waals surface area (Å²) in [5.41, 5.74) is 6.70. The molecule has 0 spiro atoms. The number of nitrogens with two attached hydrogens (primary N) is 1. The summed E-state index contributed by atoms with van der Waals surface area (Å²) in [5, 5.41) is 2.77. The number of anilines is 1. The molecule has 6 nitrogen and oxygen atoms in total. The monoisotopic (exact) mass is 433 g/mol. The Kier molecular flexibility index (Phi) is 5.69. The number of methoxy groups -OCH3 is 1.